The molecule has 0 unspecified atom stereocenters. The average Bonchev–Trinajstić information content (AvgIpc) is 2.03. The Balaban J connectivity index is 2.43. The summed E-state index contributed by atoms with van der Waals surface area (Å²) in [6, 6.07) is 9.41. The van der Waals surface area contributed by atoms with E-state index in [4.69, 9.17) is 16.3 Å². The maximum absolute atomic E-state index is 5.32. The Morgan fingerprint density at radius 3 is 2.60 bits per heavy atom. The summed E-state index contributed by atoms with van der Waals surface area (Å²) in [5, 5.41) is 0. The van der Waals surface area contributed by atoms with E-state index in [9.17, 15) is 0 Å². The predicted molar refractivity (Wildman–Crippen MR) is 41.0 cm³/mol. The molecular formula is C8H7ClO. The Hall–Kier alpha value is -0.690. The van der Waals surface area contributed by atoms with E-state index in [2.05, 4.69) is 6.61 Å². The van der Waals surface area contributed by atoms with Crippen LogP contribution in [0.15, 0.2) is 30.3 Å². The van der Waals surface area contributed by atoms with Crippen molar-refractivity contribution in [3.05, 3.63) is 36.9 Å². The highest BCUT2D eigenvalue weighted by Gasteiger charge is 1.89. The lowest BCUT2D eigenvalue weighted by Gasteiger charge is -1.98. The number of benzene rings is 1. The summed E-state index contributed by atoms with van der Waals surface area (Å²) in [5.41, 5.74) is 0. The van der Waals surface area contributed by atoms with Crippen molar-refractivity contribution in [3.8, 4) is 5.75 Å². The van der Waals surface area contributed by atoms with Crippen molar-refractivity contribution in [2.24, 2.45) is 0 Å². The lowest BCUT2D eigenvalue weighted by molar-refractivity contribution is 0.418. The summed E-state index contributed by atoms with van der Waals surface area (Å²) >= 11 is 5.32. The van der Waals surface area contributed by atoms with Gasteiger partial charge in [0.05, 0.1) is 5.88 Å². The van der Waals surface area contributed by atoms with Crippen LogP contribution in [-0.4, -0.2) is 5.88 Å². The van der Waals surface area contributed by atoms with Crippen LogP contribution in [0.25, 0.3) is 0 Å². The minimum Gasteiger partial charge on any atom is -0.477 e. The van der Waals surface area contributed by atoms with E-state index < -0.39 is 0 Å². The fourth-order valence-corrected chi connectivity index (χ4v) is 0.654. The molecule has 0 aliphatic carbocycles. The van der Waals surface area contributed by atoms with Crippen LogP contribution in [0.2, 0.25) is 0 Å². The third-order valence-corrected chi connectivity index (χ3v) is 1.10. The number of hydrogen-bond donors (Lipinski definition) is 0. The molecule has 0 aliphatic rings. The van der Waals surface area contributed by atoms with Crippen LogP contribution in [0, 0.1) is 6.61 Å². The molecule has 0 aromatic heterocycles. The second-order valence-corrected chi connectivity index (χ2v) is 1.96. The first-order valence-electron chi connectivity index (χ1n) is 2.94. The Bertz CT molecular complexity index is 174. The second kappa shape index (κ2) is 4.18. The minimum atomic E-state index is 0.287. The van der Waals surface area contributed by atoms with Gasteiger partial charge in [-0.05, 0) is 12.1 Å². The van der Waals surface area contributed by atoms with Crippen LogP contribution < -0.4 is 4.74 Å². The summed E-state index contributed by atoms with van der Waals surface area (Å²) < 4.78 is 4.97. The molecule has 1 aromatic carbocycles. The molecule has 2 heteroatoms. The lowest BCUT2D eigenvalue weighted by Crippen LogP contribution is -1.89. The highest BCUT2D eigenvalue weighted by molar-refractivity contribution is 6.18. The van der Waals surface area contributed by atoms with Crippen LogP contribution in [-0.2, 0) is 0 Å². The van der Waals surface area contributed by atoms with Crippen molar-refractivity contribution in [1.82, 2.24) is 0 Å². The van der Waals surface area contributed by atoms with Crippen LogP contribution in [0.4, 0.5) is 0 Å². The first kappa shape index (κ1) is 7.42. The number of ether oxygens (including phenoxy) is 1. The summed E-state index contributed by atoms with van der Waals surface area (Å²) in [5.74, 6) is 1.05. The van der Waals surface area contributed by atoms with Crippen LogP contribution >= 0.6 is 11.6 Å². The predicted octanol–water partition coefficient (Wildman–Crippen LogP) is 2.34. The fourth-order valence-electron chi connectivity index (χ4n) is 0.599. The van der Waals surface area contributed by atoms with E-state index in [0.29, 0.717) is 0 Å². The molecule has 0 atom stereocenters. The van der Waals surface area contributed by atoms with Crippen molar-refractivity contribution in [1.29, 1.82) is 0 Å². The van der Waals surface area contributed by atoms with Crippen molar-refractivity contribution < 1.29 is 4.74 Å². The maximum atomic E-state index is 5.32. The zero-order chi connectivity index (χ0) is 7.23. The SMILES string of the molecule is ClC[C]Oc1ccccc1. The van der Waals surface area contributed by atoms with Crippen molar-refractivity contribution in [3.63, 3.8) is 0 Å². The lowest BCUT2D eigenvalue weighted by atomic mass is 10.3. The highest BCUT2D eigenvalue weighted by atomic mass is 35.5. The van der Waals surface area contributed by atoms with Gasteiger partial charge in [-0.15, -0.1) is 11.6 Å². The second-order valence-electron chi connectivity index (χ2n) is 1.69. The molecule has 1 nitrogen and oxygen atoms in total. The first-order valence-corrected chi connectivity index (χ1v) is 3.47. The molecule has 1 aromatic rings. The monoisotopic (exact) mass is 154 g/mol. The third kappa shape index (κ3) is 2.28. The average molecular weight is 155 g/mol. The number of para-hydroxylation sites is 1. The zero-order valence-electron chi connectivity index (χ0n) is 5.38. The van der Waals surface area contributed by atoms with E-state index in [-0.39, 0.29) is 5.88 Å². The van der Waals surface area contributed by atoms with Gasteiger partial charge in [0.15, 0.2) is 0 Å². The fraction of sp³-hybridized carbons (Fsp3) is 0.125. The topological polar surface area (TPSA) is 9.23 Å². The van der Waals surface area contributed by atoms with Gasteiger partial charge < -0.3 is 4.74 Å². The van der Waals surface area contributed by atoms with Gasteiger partial charge in [-0.2, -0.15) is 0 Å². The Kier molecular flexibility index (Phi) is 3.10. The summed E-state index contributed by atoms with van der Waals surface area (Å²) in [6.45, 7) is 2.53. The minimum absolute atomic E-state index is 0.287. The molecule has 0 fully saturated rings. The number of rotatable bonds is 3. The molecule has 0 aliphatic heterocycles. The van der Waals surface area contributed by atoms with Gasteiger partial charge in [0, 0.05) is 0 Å². The van der Waals surface area contributed by atoms with Crippen molar-refractivity contribution in [2.75, 3.05) is 5.88 Å². The van der Waals surface area contributed by atoms with Gasteiger partial charge in [-0.25, -0.2) is 0 Å². The molecule has 0 saturated heterocycles. The molecule has 0 bridgehead atoms. The quantitative estimate of drug-likeness (QED) is 0.608. The molecule has 0 heterocycles. The van der Waals surface area contributed by atoms with E-state index >= 15 is 0 Å². The summed E-state index contributed by atoms with van der Waals surface area (Å²) in [6.07, 6.45) is 0. The molecule has 52 valence electrons. The van der Waals surface area contributed by atoms with Crippen molar-refractivity contribution >= 4 is 11.6 Å². The van der Waals surface area contributed by atoms with Gasteiger partial charge in [0.1, 0.15) is 5.75 Å². The number of hydrogen-bond acceptors (Lipinski definition) is 1. The normalized spacial score (nSPS) is 9.30. The first-order chi connectivity index (χ1) is 4.93. The summed E-state index contributed by atoms with van der Waals surface area (Å²) in [4.78, 5) is 0. The Morgan fingerprint density at radius 1 is 1.30 bits per heavy atom. The Labute approximate surface area is 65.6 Å². The molecule has 0 amide bonds. The van der Waals surface area contributed by atoms with Crippen LogP contribution in [0.3, 0.4) is 0 Å². The molecular weight excluding hydrogens is 148 g/mol. The molecule has 0 spiro atoms. The van der Waals surface area contributed by atoms with Gasteiger partial charge in [0.2, 0.25) is 6.61 Å². The molecule has 0 N–H and O–H groups in total. The van der Waals surface area contributed by atoms with E-state index in [1.165, 1.54) is 0 Å². The van der Waals surface area contributed by atoms with Gasteiger partial charge in [0.25, 0.3) is 0 Å². The third-order valence-electron chi connectivity index (χ3n) is 0.988. The smallest absolute Gasteiger partial charge is 0.212 e. The molecule has 10 heavy (non-hydrogen) atoms. The van der Waals surface area contributed by atoms with Crippen LogP contribution in [0.5, 0.6) is 5.75 Å². The van der Waals surface area contributed by atoms with Gasteiger partial charge in [-0.3, -0.25) is 0 Å². The zero-order valence-corrected chi connectivity index (χ0v) is 6.14. The van der Waals surface area contributed by atoms with E-state index in [0.717, 1.165) is 5.75 Å². The largest absolute Gasteiger partial charge is 0.477 e. The molecule has 1 rings (SSSR count). The Morgan fingerprint density at radius 2 is 2.00 bits per heavy atom. The van der Waals surface area contributed by atoms with Gasteiger partial charge in [-0.1, -0.05) is 18.2 Å². The highest BCUT2D eigenvalue weighted by Crippen LogP contribution is 2.08. The van der Waals surface area contributed by atoms with Crippen LogP contribution in [0.1, 0.15) is 0 Å². The number of alkyl halides is 1. The standard InChI is InChI=1S/C8H7ClO/c9-6-7-10-8-4-2-1-3-5-8/h1-5H,6H2. The van der Waals surface area contributed by atoms with E-state index in [1.54, 1.807) is 0 Å². The molecule has 0 saturated carbocycles. The van der Waals surface area contributed by atoms with Crippen molar-refractivity contribution in [2.45, 2.75) is 0 Å². The van der Waals surface area contributed by atoms with E-state index in [1.807, 2.05) is 30.3 Å². The maximum Gasteiger partial charge on any atom is 0.212 e. The van der Waals surface area contributed by atoms with Gasteiger partial charge >= 0.3 is 0 Å². The molecule has 2 radical (unpaired) electrons. The number of halogens is 1. The summed E-state index contributed by atoms with van der Waals surface area (Å²) in [7, 11) is 0.